The summed E-state index contributed by atoms with van der Waals surface area (Å²) >= 11 is 0. The second-order valence-corrected chi connectivity index (χ2v) is 7.74. The summed E-state index contributed by atoms with van der Waals surface area (Å²) in [7, 11) is 0. The number of nitrogens with zero attached hydrogens (tertiary/aromatic N) is 6. The Kier molecular flexibility index (Phi) is 4.71. The number of amides is 1. The van der Waals surface area contributed by atoms with E-state index in [9.17, 15) is 4.79 Å². The molecule has 5 heterocycles. The van der Waals surface area contributed by atoms with E-state index in [1.54, 1.807) is 12.4 Å². The van der Waals surface area contributed by atoms with E-state index in [0.717, 1.165) is 47.5 Å². The fourth-order valence-corrected chi connectivity index (χ4v) is 3.96. The Morgan fingerprint density at radius 2 is 2.07 bits per heavy atom. The highest BCUT2D eigenvalue weighted by Crippen LogP contribution is 2.27. The van der Waals surface area contributed by atoms with Crippen LogP contribution in [0.15, 0.2) is 61.2 Å². The Labute approximate surface area is 174 Å². The molecule has 0 aliphatic carbocycles. The molecule has 7 nitrogen and oxygen atoms in total. The quantitative estimate of drug-likeness (QED) is 0.528. The molecule has 1 fully saturated rings. The van der Waals surface area contributed by atoms with Crippen molar-refractivity contribution in [2.45, 2.75) is 25.7 Å². The van der Waals surface area contributed by atoms with Crippen molar-refractivity contribution in [1.82, 2.24) is 29.5 Å². The van der Waals surface area contributed by atoms with Crippen molar-refractivity contribution in [3.63, 3.8) is 0 Å². The van der Waals surface area contributed by atoms with Crippen LogP contribution in [-0.4, -0.2) is 48.5 Å². The molecule has 7 heteroatoms. The van der Waals surface area contributed by atoms with E-state index in [1.807, 2.05) is 65.1 Å². The molecule has 1 aliphatic heterocycles. The van der Waals surface area contributed by atoms with Crippen LogP contribution in [0.25, 0.3) is 16.8 Å². The van der Waals surface area contributed by atoms with Crippen molar-refractivity contribution in [3.8, 4) is 11.1 Å². The topological polar surface area (TPSA) is 76.3 Å². The van der Waals surface area contributed by atoms with Crippen molar-refractivity contribution >= 4 is 11.6 Å². The van der Waals surface area contributed by atoms with Crippen molar-refractivity contribution in [2.24, 2.45) is 0 Å². The molecular weight excluding hydrogens is 376 g/mol. The second-order valence-electron chi connectivity index (χ2n) is 7.74. The van der Waals surface area contributed by atoms with Gasteiger partial charge in [0.25, 0.3) is 5.91 Å². The summed E-state index contributed by atoms with van der Waals surface area (Å²) in [4.78, 5) is 28.0. The van der Waals surface area contributed by atoms with Crippen LogP contribution in [0.1, 0.15) is 40.6 Å². The number of hydrogen-bond acceptors (Lipinski definition) is 5. The molecule has 0 saturated carbocycles. The highest BCUT2D eigenvalue weighted by Gasteiger charge is 2.28. The Bertz CT molecular complexity index is 1200. The molecular formula is C23H22N6O. The third-order valence-corrected chi connectivity index (χ3v) is 5.55. The van der Waals surface area contributed by atoms with Gasteiger partial charge in [-0.15, -0.1) is 0 Å². The highest BCUT2D eigenvalue weighted by atomic mass is 16.2. The van der Waals surface area contributed by atoms with Gasteiger partial charge in [0, 0.05) is 54.9 Å². The average molecular weight is 398 g/mol. The zero-order chi connectivity index (χ0) is 20.5. The van der Waals surface area contributed by atoms with Gasteiger partial charge in [-0.2, -0.15) is 5.10 Å². The van der Waals surface area contributed by atoms with E-state index < -0.39 is 0 Å². The van der Waals surface area contributed by atoms with Gasteiger partial charge < -0.3 is 4.90 Å². The summed E-state index contributed by atoms with van der Waals surface area (Å²) in [5.41, 5.74) is 4.42. The van der Waals surface area contributed by atoms with Crippen molar-refractivity contribution in [3.05, 3.63) is 78.3 Å². The molecule has 1 atom stereocenters. The third kappa shape index (κ3) is 3.54. The fourth-order valence-electron chi connectivity index (χ4n) is 3.96. The maximum atomic E-state index is 12.9. The lowest BCUT2D eigenvalue weighted by Crippen LogP contribution is -2.39. The molecule has 5 rings (SSSR count). The number of rotatable bonds is 3. The van der Waals surface area contributed by atoms with Crippen LogP contribution in [0.3, 0.4) is 0 Å². The normalized spacial score (nSPS) is 16.7. The Morgan fingerprint density at radius 1 is 1.13 bits per heavy atom. The first-order valence-electron chi connectivity index (χ1n) is 10.2. The van der Waals surface area contributed by atoms with Crippen molar-refractivity contribution < 1.29 is 4.79 Å². The molecule has 4 aromatic rings. The lowest BCUT2D eigenvalue weighted by molar-refractivity contribution is 0.0698. The van der Waals surface area contributed by atoms with Gasteiger partial charge in [0.2, 0.25) is 0 Å². The molecule has 0 unspecified atom stereocenters. The molecule has 4 aromatic heterocycles. The van der Waals surface area contributed by atoms with Gasteiger partial charge >= 0.3 is 0 Å². The average Bonchev–Trinajstić information content (AvgIpc) is 3.23. The van der Waals surface area contributed by atoms with Gasteiger partial charge in [-0.25, -0.2) is 9.50 Å². The molecule has 1 aliphatic rings. The van der Waals surface area contributed by atoms with E-state index in [0.29, 0.717) is 12.2 Å². The number of aromatic nitrogens is 5. The Balaban J connectivity index is 1.39. The number of carbonyl (C=O) groups excluding carboxylic acids is 1. The van der Waals surface area contributed by atoms with Crippen LogP contribution in [-0.2, 0) is 0 Å². The maximum absolute atomic E-state index is 12.9. The molecule has 150 valence electrons. The smallest absolute Gasteiger partial charge is 0.272 e. The zero-order valence-corrected chi connectivity index (χ0v) is 16.8. The molecule has 0 aromatic carbocycles. The number of pyridine rings is 3. The van der Waals surface area contributed by atoms with Crippen LogP contribution >= 0.6 is 0 Å². The first kappa shape index (κ1) is 18.4. The van der Waals surface area contributed by atoms with E-state index in [-0.39, 0.29) is 11.8 Å². The lowest BCUT2D eigenvalue weighted by atomic mass is 9.97. The summed E-state index contributed by atoms with van der Waals surface area (Å²) in [5.74, 6) is 0.883. The van der Waals surface area contributed by atoms with Gasteiger partial charge in [0.15, 0.2) is 11.5 Å². The standard InChI is InChI=1S/C23H22N6O/c1-16-8-10-25-20(12-16)23(30)28-11-3-5-19(14-28)22-26-21-7-6-18(15-29(21)27-22)17-4-2-9-24-13-17/h2,4,6-10,12-13,15,19H,3,5,11,14H2,1H3/t19-/m1/s1. The van der Waals surface area contributed by atoms with E-state index >= 15 is 0 Å². The second kappa shape index (κ2) is 7.67. The maximum Gasteiger partial charge on any atom is 0.272 e. The predicted molar refractivity (Wildman–Crippen MR) is 113 cm³/mol. The van der Waals surface area contributed by atoms with Gasteiger partial charge in [-0.3, -0.25) is 14.8 Å². The number of piperidine rings is 1. The summed E-state index contributed by atoms with van der Waals surface area (Å²) in [6.45, 7) is 3.32. The summed E-state index contributed by atoms with van der Waals surface area (Å²) in [6.07, 6.45) is 9.16. The summed E-state index contributed by atoms with van der Waals surface area (Å²) in [6, 6.07) is 11.7. The first-order chi connectivity index (χ1) is 14.7. The van der Waals surface area contributed by atoms with Crippen molar-refractivity contribution in [2.75, 3.05) is 13.1 Å². The third-order valence-electron chi connectivity index (χ3n) is 5.55. The minimum atomic E-state index is -0.0222. The highest BCUT2D eigenvalue weighted by molar-refractivity contribution is 5.92. The van der Waals surface area contributed by atoms with E-state index in [1.165, 1.54) is 0 Å². The Morgan fingerprint density at radius 3 is 2.90 bits per heavy atom. The lowest BCUT2D eigenvalue weighted by Gasteiger charge is -2.31. The van der Waals surface area contributed by atoms with Crippen molar-refractivity contribution in [1.29, 1.82) is 0 Å². The predicted octanol–water partition coefficient (Wildman–Crippen LogP) is 3.51. The SMILES string of the molecule is Cc1ccnc(C(=O)N2CCC[C@@H](c3nc4ccc(-c5cccnc5)cn4n3)C2)c1. The zero-order valence-electron chi connectivity index (χ0n) is 16.8. The minimum Gasteiger partial charge on any atom is -0.337 e. The van der Waals surface area contributed by atoms with Gasteiger partial charge in [-0.1, -0.05) is 6.07 Å². The largest absolute Gasteiger partial charge is 0.337 e. The van der Waals surface area contributed by atoms with Crippen LogP contribution in [0.4, 0.5) is 0 Å². The number of hydrogen-bond donors (Lipinski definition) is 0. The molecule has 0 radical (unpaired) electrons. The molecule has 30 heavy (non-hydrogen) atoms. The number of aryl methyl sites for hydroxylation is 1. The summed E-state index contributed by atoms with van der Waals surface area (Å²) < 4.78 is 1.82. The molecule has 0 spiro atoms. The Hall–Kier alpha value is -3.61. The summed E-state index contributed by atoms with van der Waals surface area (Å²) in [5, 5.41) is 4.73. The number of carbonyl (C=O) groups is 1. The van der Waals surface area contributed by atoms with E-state index in [2.05, 4.69) is 9.97 Å². The van der Waals surface area contributed by atoms with Crippen LogP contribution in [0.2, 0.25) is 0 Å². The number of likely N-dealkylation sites (tertiary alicyclic amines) is 1. The number of fused-ring (bicyclic) bond motifs is 1. The molecule has 0 N–H and O–H groups in total. The monoisotopic (exact) mass is 398 g/mol. The first-order valence-corrected chi connectivity index (χ1v) is 10.2. The van der Waals surface area contributed by atoms with Gasteiger partial charge in [0.05, 0.1) is 0 Å². The minimum absolute atomic E-state index is 0.0222. The van der Waals surface area contributed by atoms with Crippen LogP contribution < -0.4 is 0 Å². The van der Waals surface area contributed by atoms with E-state index in [4.69, 9.17) is 10.1 Å². The van der Waals surface area contributed by atoms with Crippen LogP contribution in [0, 0.1) is 6.92 Å². The van der Waals surface area contributed by atoms with Gasteiger partial charge in [-0.05, 0) is 55.7 Å². The fraction of sp³-hybridized carbons (Fsp3) is 0.261. The molecule has 1 saturated heterocycles. The van der Waals surface area contributed by atoms with Gasteiger partial charge in [0.1, 0.15) is 5.69 Å². The molecule has 0 bridgehead atoms. The molecule has 1 amide bonds. The van der Waals surface area contributed by atoms with Crippen LogP contribution in [0.5, 0.6) is 0 Å².